The third-order valence-electron chi connectivity index (χ3n) is 5.55. The number of rotatable bonds is 10. The van der Waals surface area contributed by atoms with Crippen LogP contribution >= 0.6 is 0 Å². The van der Waals surface area contributed by atoms with Gasteiger partial charge in [-0.1, -0.05) is 20.8 Å². The number of benzene rings is 2. The van der Waals surface area contributed by atoms with Gasteiger partial charge in [0.2, 0.25) is 5.89 Å². The molecule has 184 valence electrons. The quantitative estimate of drug-likeness (QED) is 0.299. The molecule has 8 nitrogen and oxygen atoms in total. The first kappa shape index (κ1) is 24.2. The predicted molar refractivity (Wildman–Crippen MR) is 132 cm³/mol. The summed E-state index contributed by atoms with van der Waals surface area (Å²) in [5.74, 6) is 1.65. The number of nitrogens with zero attached hydrogens (tertiary/aromatic N) is 2. The van der Waals surface area contributed by atoms with Gasteiger partial charge >= 0.3 is 5.97 Å². The van der Waals surface area contributed by atoms with Gasteiger partial charge in [0.1, 0.15) is 18.6 Å². The van der Waals surface area contributed by atoms with Gasteiger partial charge in [-0.15, -0.1) is 0 Å². The number of carboxylic acid groups (broad SMARTS) is 1. The van der Waals surface area contributed by atoms with Crippen LogP contribution in [0, 0.1) is 0 Å². The Labute approximate surface area is 204 Å². The molecule has 1 N–H and O–H groups in total. The van der Waals surface area contributed by atoms with E-state index in [0.717, 1.165) is 27.9 Å². The van der Waals surface area contributed by atoms with Crippen LogP contribution in [0.15, 0.2) is 59.3 Å². The number of oxazole rings is 1. The van der Waals surface area contributed by atoms with E-state index in [1.54, 1.807) is 24.1 Å². The third kappa shape index (κ3) is 5.77. The van der Waals surface area contributed by atoms with E-state index in [0.29, 0.717) is 37.0 Å². The van der Waals surface area contributed by atoms with E-state index in [4.69, 9.17) is 23.7 Å². The Morgan fingerprint density at radius 1 is 1.06 bits per heavy atom. The highest BCUT2D eigenvalue weighted by atomic mass is 16.5. The standard InChI is InChI=1S/C27H30N2O6/c1-27(2,3)24-17-35-26(28-24)19-6-9-22(23(15-19)32-4)34-13-5-12-33-20-7-8-21-18(14-20)10-11-29(21)16-25(30)31/h6-11,14-15,17H,5,12-13,16H2,1-4H3,(H,30,31). The number of methoxy groups -OCH3 is 1. The summed E-state index contributed by atoms with van der Waals surface area (Å²) in [6.45, 7) is 7.14. The van der Waals surface area contributed by atoms with E-state index in [1.807, 2.05) is 42.5 Å². The number of fused-ring (bicyclic) bond motifs is 1. The topological polar surface area (TPSA) is 96.0 Å². The van der Waals surface area contributed by atoms with E-state index < -0.39 is 5.97 Å². The first-order valence-electron chi connectivity index (χ1n) is 11.5. The van der Waals surface area contributed by atoms with Gasteiger partial charge in [0, 0.05) is 34.5 Å². The molecule has 0 radical (unpaired) electrons. The smallest absolute Gasteiger partial charge is 0.323 e. The van der Waals surface area contributed by atoms with Crippen LogP contribution in [0.2, 0.25) is 0 Å². The van der Waals surface area contributed by atoms with Crippen molar-refractivity contribution in [2.75, 3.05) is 20.3 Å². The highest BCUT2D eigenvalue weighted by Gasteiger charge is 2.20. The Morgan fingerprint density at radius 3 is 2.57 bits per heavy atom. The summed E-state index contributed by atoms with van der Waals surface area (Å²) >= 11 is 0. The van der Waals surface area contributed by atoms with E-state index >= 15 is 0 Å². The molecule has 2 aromatic carbocycles. The fourth-order valence-electron chi connectivity index (χ4n) is 3.65. The summed E-state index contributed by atoms with van der Waals surface area (Å²) in [6.07, 6.45) is 4.13. The van der Waals surface area contributed by atoms with Crippen molar-refractivity contribution in [2.45, 2.75) is 39.2 Å². The minimum atomic E-state index is -0.874. The van der Waals surface area contributed by atoms with Crippen molar-refractivity contribution >= 4 is 16.9 Å². The number of carboxylic acids is 1. The molecular weight excluding hydrogens is 448 g/mol. The van der Waals surface area contributed by atoms with Crippen molar-refractivity contribution in [1.82, 2.24) is 9.55 Å². The molecule has 2 aromatic heterocycles. The molecule has 0 fully saturated rings. The largest absolute Gasteiger partial charge is 0.493 e. The van der Waals surface area contributed by atoms with Crippen LogP contribution in [-0.4, -0.2) is 41.0 Å². The summed E-state index contributed by atoms with van der Waals surface area (Å²) < 4.78 is 24.6. The van der Waals surface area contributed by atoms with Crippen LogP contribution in [0.25, 0.3) is 22.4 Å². The SMILES string of the molecule is COc1cc(-c2nc(C(C)(C)C)co2)ccc1OCCCOc1ccc2c(ccn2CC(=O)O)c1. The average molecular weight is 479 g/mol. The number of hydrogen-bond acceptors (Lipinski definition) is 6. The average Bonchev–Trinajstić information content (AvgIpc) is 3.46. The second-order valence-corrected chi connectivity index (χ2v) is 9.26. The maximum atomic E-state index is 11.0. The lowest BCUT2D eigenvalue weighted by molar-refractivity contribution is -0.137. The molecule has 0 aliphatic carbocycles. The van der Waals surface area contributed by atoms with Crippen molar-refractivity contribution < 1.29 is 28.5 Å². The van der Waals surface area contributed by atoms with Crippen molar-refractivity contribution in [3.63, 3.8) is 0 Å². The van der Waals surface area contributed by atoms with Crippen molar-refractivity contribution in [3.8, 4) is 28.7 Å². The third-order valence-corrected chi connectivity index (χ3v) is 5.55. The van der Waals surface area contributed by atoms with Crippen LogP contribution in [0.4, 0.5) is 0 Å². The molecule has 0 unspecified atom stereocenters. The molecule has 0 amide bonds. The second kappa shape index (κ2) is 10.1. The van der Waals surface area contributed by atoms with Crippen molar-refractivity contribution in [1.29, 1.82) is 0 Å². The van der Waals surface area contributed by atoms with Gasteiger partial charge < -0.3 is 28.3 Å². The maximum Gasteiger partial charge on any atom is 0.323 e. The Kier molecular flexibility index (Phi) is 7.00. The summed E-state index contributed by atoms with van der Waals surface area (Å²) in [6, 6.07) is 13.1. The predicted octanol–water partition coefficient (Wildman–Crippen LogP) is 5.53. The van der Waals surface area contributed by atoms with Crippen LogP contribution in [0.3, 0.4) is 0 Å². The van der Waals surface area contributed by atoms with Gasteiger partial charge in [-0.2, -0.15) is 0 Å². The number of carbonyl (C=O) groups is 1. The van der Waals surface area contributed by atoms with Gasteiger partial charge in [-0.25, -0.2) is 4.98 Å². The summed E-state index contributed by atoms with van der Waals surface area (Å²) in [4.78, 5) is 15.6. The zero-order valence-corrected chi connectivity index (χ0v) is 20.4. The van der Waals surface area contributed by atoms with Gasteiger partial charge in [0.05, 0.1) is 26.0 Å². The van der Waals surface area contributed by atoms with Crippen LogP contribution in [-0.2, 0) is 16.8 Å². The molecule has 0 spiro atoms. The van der Waals surface area contributed by atoms with Crippen LogP contribution in [0.5, 0.6) is 17.2 Å². The van der Waals surface area contributed by atoms with E-state index in [-0.39, 0.29) is 12.0 Å². The first-order chi connectivity index (χ1) is 16.7. The van der Waals surface area contributed by atoms with E-state index in [9.17, 15) is 4.79 Å². The van der Waals surface area contributed by atoms with E-state index in [1.165, 1.54) is 0 Å². The number of aromatic nitrogens is 2. The molecule has 4 aromatic rings. The lowest BCUT2D eigenvalue weighted by Crippen LogP contribution is -2.11. The van der Waals surface area contributed by atoms with Crippen LogP contribution in [0.1, 0.15) is 32.9 Å². The maximum absolute atomic E-state index is 11.0. The molecule has 35 heavy (non-hydrogen) atoms. The van der Waals surface area contributed by atoms with Gasteiger partial charge in [0.25, 0.3) is 0 Å². The zero-order valence-electron chi connectivity index (χ0n) is 20.4. The minimum absolute atomic E-state index is 0.0680. The summed E-state index contributed by atoms with van der Waals surface area (Å²) in [5.41, 5.74) is 2.48. The summed E-state index contributed by atoms with van der Waals surface area (Å²) in [5, 5.41) is 9.94. The molecule has 4 rings (SSSR count). The second-order valence-electron chi connectivity index (χ2n) is 9.26. The molecule has 0 saturated carbocycles. The Bertz CT molecular complexity index is 1310. The van der Waals surface area contributed by atoms with Gasteiger partial charge in [-0.3, -0.25) is 4.79 Å². The Hall–Kier alpha value is -3.94. The minimum Gasteiger partial charge on any atom is -0.493 e. The Balaban J connectivity index is 1.30. The molecular formula is C27H30N2O6. The highest BCUT2D eigenvalue weighted by Crippen LogP contribution is 2.33. The number of hydrogen-bond donors (Lipinski definition) is 1. The summed E-state index contributed by atoms with van der Waals surface area (Å²) in [7, 11) is 1.60. The fourth-order valence-corrected chi connectivity index (χ4v) is 3.65. The van der Waals surface area contributed by atoms with Crippen molar-refractivity contribution in [2.24, 2.45) is 0 Å². The van der Waals surface area contributed by atoms with E-state index in [2.05, 4.69) is 25.8 Å². The molecule has 2 heterocycles. The monoisotopic (exact) mass is 478 g/mol. The van der Waals surface area contributed by atoms with Crippen molar-refractivity contribution in [3.05, 3.63) is 60.6 Å². The number of aliphatic carboxylic acids is 1. The Morgan fingerprint density at radius 2 is 1.86 bits per heavy atom. The lowest BCUT2D eigenvalue weighted by Gasteiger charge is -2.13. The van der Waals surface area contributed by atoms with Gasteiger partial charge in [-0.05, 0) is 42.5 Å². The first-order valence-corrected chi connectivity index (χ1v) is 11.5. The number of ether oxygens (including phenoxy) is 3. The molecule has 0 saturated heterocycles. The molecule has 0 aliphatic rings. The highest BCUT2D eigenvalue weighted by molar-refractivity contribution is 5.83. The zero-order chi connectivity index (χ0) is 25.0. The molecule has 0 aliphatic heterocycles. The lowest BCUT2D eigenvalue weighted by atomic mass is 9.93. The van der Waals surface area contributed by atoms with Crippen LogP contribution < -0.4 is 14.2 Å². The van der Waals surface area contributed by atoms with Gasteiger partial charge in [0.15, 0.2) is 11.5 Å². The normalized spacial score (nSPS) is 11.5. The molecule has 0 atom stereocenters. The molecule has 8 heteroatoms. The molecule has 0 bridgehead atoms. The fraction of sp³-hybridized carbons (Fsp3) is 0.333.